The molecule has 0 radical (unpaired) electrons. The number of halogens is 1. The Bertz CT molecular complexity index is 314. The Morgan fingerprint density at radius 3 is 2.67 bits per heavy atom. The fourth-order valence-corrected chi connectivity index (χ4v) is 2.55. The van der Waals surface area contributed by atoms with E-state index in [1.165, 1.54) is 25.7 Å². The first kappa shape index (κ1) is 10.8. The van der Waals surface area contributed by atoms with Gasteiger partial charge in [-0.25, -0.2) is 0 Å². The van der Waals surface area contributed by atoms with Gasteiger partial charge in [-0.2, -0.15) is 0 Å². The van der Waals surface area contributed by atoms with E-state index in [-0.39, 0.29) is 0 Å². The maximum atomic E-state index is 5.74. The summed E-state index contributed by atoms with van der Waals surface area (Å²) in [5.41, 5.74) is 6.47. The van der Waals surface area contributed by atoms with Crippen molar-refractivity contribution in [3.8, 4) is 5.75 Å². The predicted molar refractivity (Wildman–Crippen MR) is 66.0 cm³/mol. The van der Waals surface area contributed by atoms with Crippen molar-refractivity contribution in [1.29, 1.82) is 0 Å². The molecule has 0 spiro atoms. The zero-order valence-electron chi connectivity index (χ0n) is 8.71. The molecule has 0 amide bonds. The molecule has 0 bridgehead atoms. The highest BCUT2D eigenvalue weighted by molar-refractivity contribution is 9.10. The van der Waals surface area contributed by atoms with E-state index in [1.54, 1.807) is 0 Å². The van der Waals surface area contributed by atoms with Gasteiger partial charge < -0.3 is 10.5 Å². The summed E-state index contributed by atoms with van der Waals surface area (Å²) in [7, 11) is 0. The van der Waals surface area contributed by atoms with Gasteiger partial charge in [-0.3, -0.25) is 0 Å². The molecule has 15 heavy (non-hydrogen) atoms. The average molecular weight is 270 g/mol. The summed E-state index contributed by atoms with van der Waals surface area (Å²) < 4.78 is 6.72. The highest BCUT2D eigenvalue weighted by atomic mass is 79.9. The fraction of sp³-hybridized carbons (Fsp3) is 0.500. The maximum Gasteiger partial charge on any atom is 0.122 e. The van der Waals surface area contributed by atoms with Gasteiger partial charge in [-0.05, 0) is 30.9 Å². The second-order valence-electron chi connectivity index (χ2n) is 4.18. The lowest BCUT2D eigenvalue weighted by molar-refractivity contribution is 0.252. The van der Waals surface area contributed by atoms with Crippen LogP contribution in [0.5, 0.6) is 5.75 Å². The van der Waals surface area contributed by atoms with Crippen molar-refractivity contribution in [2.24, 2.45) is 5.92 Å². The van der Waals surface area contributed by atoms with Crippen molar-refractivity contribution in [3.05, 3.63) is 22.7 Å². The number of nitrogen functional groups attached to an aromatic ring is 1. The molecular formula is C12H16BrNO. The van der Waals surface area contributed by atoms with Crippen LogP contribution in [0, 0.1) is 5.92 Å². The fourth-order valence-electron chi connectivity index (χ4n) is 2.06. The first-order valence-corrected chi connectivity index (χ1v) is 6.22. The number of hydrogen-bond acceptors (Lipinski definition) is 2. The smallest absolute Gasteiger partial charge is 0.122 e. The summed E-state index contributed by atoms with van der Waals surface area (Å²) >= 11 is 3.41. The van der Waals surface area contributed by atoms with Crippen LogP contribution >= 0.6 is 15.9 Å². The monoisotopic (exact) mass is 269 g/mol. The third-order valence-corrected chi connectivity index (χ3v) is 3.31. The Labute approximate surface area is 98.9 Å². The van der Waals surface area contributed by atoms with Gasteiger partial charge in [0, 0.05) is 16.2 Å². The lowest BCUT2D eigenvalue weighted by Crippen LogP contribution is -2.08. The van der Waals surface area contributed by atoms with E-state index in [9.17, 15) is 0 Å². The van der Waals surface area contributed by atoms with Crippen molar-refractivity contribution in [1.82, 2.24) is 0 Å². The minimum absolute atomic E-state index is 0.741. The molecule has 1 aromatic rings. The van der Waals surface area contributed by atoms with Crippen molar-refractivity contribution in [2.45, 2.75) is 25.7 Å². The van der Waals surface area contributed by atoms with E-state index in [0.717, 1.165) is 28.4 Å². The van der Waals surface area contributed by atoms with E-state index < -0.39 is 0 Å². The van der Waals surface area contributed by atoms with Gasteiger partial charge in [0.15, 0.2) is 0 Å². The van der Waals surface area contributed by atoms with Gasteiger partial charge >= 0.3 is 0 Å². The topological polar surface area (TPSA) is 35.2 Å². The lowest BCUT2D eigenvalue weighted by atomic mass is 10.1. The van der Waals surface area contributed by atoms with E-state index >= 15 is 0 Å². The molecule has 1 aliphatic carbocycles. The normalized spacial score (nSPS) is 16.9. The molecule has 1 aliphatic rings. The van der Waals surface area contributed by atoms with Gasteiger partial charge in [-0.1, -0.05) is 28.8 Å². The number of anilines is 1. The molecular weight excluding hydrogens is 254 g/mol. The molecule has 0 saturated heterocycles. The first-order valence-electron chi connectivity index (χ1n) is 5.43. The number of rotatable bonds is 3. The molecule has 2 nitrogen and oxygen atoms in total. The zero-order chi connectivity index (χ0) is 10.7. The second kappa shape index (κ2) is 4.88. The Kier molecular flexibility index (Phi) is 3.52. The number of ether oxygens (including phenoxy) is 1. The van der Waals surface area contributed by atoms with Crippen molar-refractivity contribution in [3.63, 3.8) is 0 Å². The molecule has 0 atom stereocenters. The molecule has 1 aromatic carbocycles. The minimum atomic E-state index is 0.741. The molecule has 2 rings (SSSR count). The Morgan fingerprint density at radius 2 is 2.00 bits per heavy atom. The standard InChI is InChI=1S/C12H16BrNO/c13-10-5-11(14)7-12(6-10)15-8-9-3-1-2-4-9/h5-7,9H,1-4,8,14H2. The van der Waals surface area contributed by atoms with Gasteiger partial charge in [0.05, 0.1) is 6.61 Å². The van der Waals surface area contributed by atoms with Crippen LogP contribution in [0.3, 0.4) is 0 Å². The largest absolute Gasteiger partial charge is 0.493 e. The van der Waals surface area contributed by atoms with E-state index in [4.69, 9.17) is 10.5 Å². The molecule has 0 aromatic heterocycles. The van der Waals surface area contributed by atoms with Crippen LogP contribution in [0.2, 0.25) is 0 Å². The third-order valence-electron chi connectivity index (χ3n) is 2.85. The first-order chi connectivity index (χ1) is 7.24. The van der Waals surface area contributed by atoms with Crippen LogP contribution in [0.25, 0.3) is 0 Å². The lowest BCUT2D eigenvalue weighted by Gasteiger charge is -2.11. The molecule has 3 heteroatoms. The molecule has 0 heterocycles. The molecule has 1 saturated carbocycles. The Morgan fingerprint density at radius 1 is 1.27 bits per heavy atom. The van der Waals surface area contributed by atoms with Gasteiger partial charge in [0.2, 0.25) is 0 Å². The number of hydrogen-bond donors (Lipinski definition) is 1. The van der Waals surface area contributed by atoms with E-state index in [2.05, 4.69) is 15.9 Å². The molecule has 0 aliphatic heterocycles. The van der Waals surface area contributed by atoms with E-state index in [1.807, 2.05) is 18.2 Å². The predicted octanol–water partition coefficient (Wildman–Crippen LogP) is 3.60. The highest BCUT2D eigenvalue weighted by Gasteiger charge is 2.15. The molecule has 0 unspecified atom stereocenters. The van der Waals surface area contributed by atoms with Gasteiger partial charge in [0.1, 0.15) is 5.75 Å². The number of nitrogens with two attached hydrogens (primary N) is 1. The molecule has 1 fully saturated rings. The quantitative estimate of drug-likeness (QED) is 0.852. The molecule has 2 N–H and O–H groups in total. The average Bonchev–Trinajstić information content (AvgIpc) is 2.65. The van der Waals surface area contributed by atoms with Gasteiger partial charge in [-0.15, -0.1) is 0 Å². The minimum Gasteiger partial charge on any atom is -0.493 e. The summed E-state index contributed by atoms with van der Waals surface area (Å²) in [6.07, 6.45) is 5.33. The van der Waals surface area contributed by atoms with Crippen LogP contribution in [-0.4, -0.2) is 6.61 Å². The summed E-state index contributed by atoms with van der Waals surface area (Å²) in [5.74, 6) is 1.61. The Balaban J connectivity index is 1.92. The molecule has 82 valence electrons. The van der Waals surface area contributed by atoms with Crippen LogP contribution in [0.1, 0.15) is 25.7 Å². The van der Waals surface area contributed by atoms with Crippen molar-refractivity contribution < 1.29 is 4.74 Å². The van der Waals surface area contributed by atoms with Crippen LogP contribution < -0.4 is 10.5 Å². The SMILES string of the molecule is Nc1cc(Br)cc(OCC2CCCC2)c1. The van der Waals surface area contributed by atoms with Crippen molar-refractivity contribution >= 4 is 21.6 Å². The second-order valence-corrected chi connectivity index (χ2v) is 5.10. The van der Waals surface area contributed by atoms with Crippen LogP contribution in [0.15, 0.2) is 22.7 Å². The van der Waals surface area contributed by atoms with Crippen LogP contribution in [-0.2, 0) is 0 Å². The van der Waals surface area contributed by atoms with Crippen molar-refractivity contribution in [2.75, 3.05) is 12.3 Å². The van der Waals surface area contributed by atoms with Crippen LogP contribution in [0.4, 0.5) is 5.69 Å². The number of benzene rings is 1. The van der Waals surface area contributed by atoms with Gasteiger partial charge in [0.25, 0.3) is 0 Å². The summed E-state index contributed by atoms with van der Waals surface area (Å²) in [6, 6.07) is 5.72. The summed E-state index contributed by atoms with van der Waals surface area (Å²) in [5, 5.41) is 0. The Hall–Kier alpha value is -0.700. The third kappa shape index (κ3) is 3.13. The summed E-state index contributed by atoms with van der Waals surface area (Å²) in [6.45, 7) is 0.829. The zero-order valence-corrected chi connectivity index (χ0v) is 10.3. The summed E-state index contributed by atoms with van der Waals surface area (Å²) in [4.78, 5) is 0. The van der Waals surface area contributed by atoms with E-state index in [0.29, 0.717) is 0 Å². The maximum absolute atomic E-state index is 5.74. The highest BCUT2D eigenvalue weighted by Crippen LogP contribution is 2.27.